The highest BCUT2D eigenvalue weighted by Gasteiger charge is 2.31. The molecule has 41 heavy (non-hydrogen) atoms. The maximum absolute atomic E-state index is 13.5. The fourth-order valence-corrected chi connectivity index (χ4v) is 5.89. The van der Waals surface area contributed by atoms with Crippen molar-refractivity contribution in [1.82, 2.24) is 9.80 Å². The molecule has 0 bridgehead atoms. The van der Waals surface area contributed by atoms with Crippen molar-refractivity contribution in [3.05, 3.63) is 48.0 Å². The molecule has 1 aliphatic heterocycles. The summed E-state index contributed by atoms with van der Waals surface area (Å²) in [5.41, 5.74) is 1.90. The van der Waals surface area contributed by atoms with Gasteiger partial charge in [-0.1, -0.05) is 26.2 Å². The number of ether oxygens (including phenoxy) is 2. The first-order chi connectivity index (χ1) is 19.7. The second kappa shape index (κ2) is 14.5. The molecule has 1 saturated carbocycles. The molecule has 224 valence electrons. The molecule has 0 unspecified atom stereocenters. The van der Waals surface area contributed by atoms with E-state index < -0.39 is 6.03 Å². The lowest BCUT2D eigenvalue weighted by atomic mass is 9.89. The number of hydrogen-bond acceptors (Lipinski definition) is 6. The zero-order chi connectivity index (χ0) is 29.4. The van der Waals surface area contributed by atoms with Crippen LogP contribution in [0.3, 0.4) is 0 Å². The number of likely N-dealkylation sites (N-methyl/N-ethyl adjacent to an activating group) is 1. The van der Waals surface area contributed by atoms with E-state index in [1.807, 2.05) is 13.0 Å². The highest BCUT2D eigenvalue weighted by Crippen LogP contribution is 2.30. The van der Waals surface area contributed by atoms with E-state index in [9.17, 15) is 14.7 Å². The fourth-order valence-electron chi connectivity index (χ4n) is 5.89. The second-order valence-corrected chi connectivity index (χ2v) is 11.7. The van der Waals surface area contributed by atoms with Gasteiger partial charge in [0.25, 0.3) is 0 Å². The van der Waals surface area contributed by atoms with Crippen LogP contribution in [-0.4, -0.2) is 79.4 Å². The van der Waals surface area contributed by atoms with E-state index in [2.05, 4.69) is 29.5 Å². The molecule has 9 nitrogen and oxygen atoms in total. The number of amides is 3. The van der Waals surface area contributed by atoms with Crippen LogP contribution in [0.4, 0.5) is 16.2 Å². The predicted molar refractivity (Wildman–Crippen MR) is 162 cm³/mol. The zero-order valence-corrected chi connectivity index (χ0v) is 24.9. The van der Waals surface area contributed by atoms with Crippen LogP contribution in [0.5, 0.6) is 11.5 Å². The molecule has 3 atom stereocenters. The van der Waals surface area contributed by atoms with Crippen LogP contribution in [0.15, 0.2) is 42.5 Å². The standard InChI is InChI=1S/C32H46N4O5/c1-22-18-36(23(2)21-37)31(38)17-25-16-27(34-32(39)33-26-10-13-28(40-4)14-11-26)12-15-29(25)41-30(22)20-35(3)19-24-8-6-5-7-9-24/h10-16,22-24,30,37H,5-9,17-21H2,1-4H3,(H2,33,34,39)/t22-,23+,30-/m1/s1. The Labute approximate surface area is 244 Å². The van der Waals surface area contributed by atoms with Gasteiger partial charge in [0.2, 0.25) is 5.91 Å². The molecule has 0 aromatic heterocycles. The average Bonchev–Trinajstić information content (AvgIpc) is 3.01. The molecule has 9 heteroatoms. The monoisotopic (exact) mass is 566 g/mol. The Kier molecular flexibility index (Phi) is 10.9. The fraction of sp³-hybridized carbons (Fsp3) is 0.562. The summed E-state index contributed by atoms with van der Waals surface area (Å²) < 4.78 is 11.8. The third-order valence-corrected chi connectivity index (χ3v) is 8.31. The zero-order valence-electron chi connectivity index (χ0n) is 24.9. The van der Waals surface area contributed by atoms with Gasteiger partial charge in [-0.3, -0.25) is 4.79 Å². The van der Waals surface area contributed by atoms with Crippen molar-refractivity contribution in [1.29, 1.82) is 0 Å². The summed E-state index contributed by atoms with van der Waals surface area (Å²) in [6.07, 6.45) is 6.51. The normalized spacial score (nSPS) is 20.7. The Bertz CT molecular complexity index is 1150. The minimum absolute atomic E-state index is 0.0563. The lowest BCUT2D eigenvalue weighted by Crippen LogP contribution is -2.48. The van der Waals surface area contributed by atoms with Crippen molar-refractivity contribution >= 4 is 23.3 Å². The molecule has 1 heterocycles. The Morgan fingerprint density at radius 1 is 1.10 bits per heavy atom. The number of urea groups is 1. The first-order valence-electron chi connectivity index (χ1n) is 14.9. The lowest BCUT2D eigenvalue weighted by Gasteiger charge is -2.35. The Hall–Kier alpha value is -3.30. The van der Waals surface area contributed by atoms with Crippen molar-refractivity contribution in [3.63, 3.8) is 0 Å². The van der Waals surface area contributed by atoms with Crippen LogP contribution in [-0.2, 0) is 11.2 Å². The molecule has 2 aliphatic rings. The van der Waals surface area contributed by atoms with Gasteiger partial charge >= 0.3 is 6.03 Å². The van der Waals surface area contributed by atoms with E-state index in [1.165, 1.54) is 32.1 Å². The number of carbonyl (C=O) groups excluding carboxylic acids is 2. The Balaban J connectivity index is 1.52. The van der Waals surface area contributed by atoms with Crippen molar-refractivity contribution in [2.24, 2.45) is 11.8 Å². The number of anilines is 2. The largest absolute Gasteiger partial charge is 0.497 e. The summed E-state index contributed by atoms with van der Waals surface area (Å²) in [6, 6.07) is 11.8. The number of nitrogens with one attached hydrogen (secondary N) is 2. The van der Waals surface area contributed by atoms with Gasteiger partial charge in [0.15, 0.2) is 0 Å². The molecular weight excluding hydrogens is 520 g/mol. The minimum Gasteiger partial charge on any atom is -0.497 e. The number of hydrogen-bond donors (Lipinski definition) is 3. The molecular formula is C32H46N4O5. The number of aliphatic hydroxyl groups is 1. The first kappa shape index (κ1) is 30.7. The molecule has 2 aromatic carbocycles. The van der Waals surface area contributed by atoms with Crippen LogP contribution >= 0.6 is 0 Å². The molecule has 1 aliphatic carbocycles. The van der Waals surface area contributed by atoms with E-state index in [0.717, 1.165) is 19.0 Å². The molecule has 3 amide bonds. The maximum Gasteiger partial charge on any atom is 0.323 e. The highest BCUT2D eigenvalue weighted by molar-refractivity contribution is 6.00. The maximum atomic E-state index is 13.5. The number of aliphatic hydroxyl groups excluding tert-OH is 1. The van der Waals surface area contributed by atoms with Gasteiger partial charge in [-0.15, -0.1) is 0 Å². The molecule has 0 saturated heterocycles. The van der Waals surface area contributed by atoms with Crippen LogP contribution < -0.4 is 20.1 Å². The van der Waals surface area contributed by atoms with Gasteiger partial charge in [0.05, 0.1) is 26.2 Å². The van der Waals surface area contributed by atoms with Gasteiger partial charge in [-0.2, -0.15) is 0 Å². The van der Waals surface area contributed by atoms with Crippen LogP contribution in [0, 0.1) is 11.8 Å². The van der Waals surface area contributed by atoms with E-state index >= 15 is 0 Å². The quantitative estimate of drug-likeness (QED) is 0.395. The SMILES string of the molecule is COc1ccc(NC(=O)Nc2ccc3c(c2)CC(=O)N([C@@H](C)CO)C[C@@H](C)[C@@H](CN(C)CC2CCCCC2)O3)cc1. The Morgan fingerprint density at radius 3 is 2.46 bits per heavy atom. The van der Waals surface area contributed by atoms with E-state index in [-0.39, 0.29) is 37.0 Å². The predicted octanol–water partition coefficient (Wildman–Crippen LogP) is 5.00. The number of nitrogens with zero attached hydrogens (tertiary/aromatic N) is 2. The van der Waals surface area contributed by atoms with Crippen LogP contribution in [0.25, 0.3) is 0 Å². The molecule has 0 radical (unpaired) electrons. The lowest BCUT2D eigenvalue weighted by molar-refractivity contribution is -0.134. The molecule has 3 N–H and O–H groups in total. The van der Waals surface area contributed by atoms with E-state index in [1.54, 1.807) is 48.4 Å². The van der Waals surface area contributed by atoms with Gasteiger partial charge in [-0.05, 0) is 75.2 Å². The van der Waals surface area contributed by atoms with Crippen LogP contribution in [0.1, 0.15) is 51.5 Å². The summed E-state index contributed by atoms with van der Waals surface area (Å²) in [6.45, 7) is 6.18. The first-order valence-corrected chi connectivity index (χ1v) is 14.9. The highest BCUT2D eigenvalue weighted by atomic mass is 16.5. The minimum atomic E-state index is -0.392. The summed E-state index contributed by atoms with van der Waals surface area (Å²) in [4.78, 5) is 30.3. The number of benzene rings is 2. The summed E-state index contributed by atoms with van der Waals surface area (Å²) in [7, 11) is 3.75. The smallest absolute Gasteiger partial charge is 0.323 e. The van der Waals surface area contributed by atoms with Crippen molar-refractivity contribution in [2.75, 3.05) is 51.0 Å². The van der Waals surface area contributed by atoms with Crippen LogP contribution in [0.2, 0.25) is 0 Å². The van der Waals surface area contributed by atoms with Crippen molar-refractivity contribution in [2.45, 2.75) is 64.5 Å². The number of rotatable bonds is 9. The third kappa shape index (κ3) is 8.60. The van der Waals surface area contributed by atoms with Gasteiger partial charge in [-0.25, -0.2) is 4.79 Å². The topological polar surface area (TPSA) is 103 Å². The molecule has 4 rings (SSSR count). The van der Waals surface area contributed by atoms with E-state index in [4.69, 9.17) is 9.47 Å². The van der Waals surface area contributed by atoms with Gasteiger partial charge < -0.3 is 35.0 Å². The third-order valence-electron chi connectivity index (χ3n) is 8.31. The van der Waals surface area contributed by atoms with Crippen molar-refractivity contribution < 1.29 is 24.2 Å². The summed E-state index contributed by atoms with van der Waals surface area (Å²) in [5, 5.41) is 15.6. The Morgan fingerprint density at radius 2 is 1.78 bits per heavy atom. The van der Waals surface area contributed by atoms with Gasteiger partial charge in [0.1, 0.15) is 17.6 Å². The second-order valence-electron chi connectivity index (χ2n) is 11.7. The number of methoxy groups -OCH3 is 1. The summed E-state index contributed by atoms with van der Waals surface area (Å²) in [5.74, 6) is 2.06. The number of fused-ring (bicyclic) bond motifs is 1. The van der Waals surface area contributed by atoms with E-state index in [0.29, 0.717) is 35.0 Å². The number of carbonyl (C=O) groups is 2. The average molecular weight is 567 g/mol. The van der Waals surface area contributed by atoms with Gasteiger partial charge in [0, 0.05) is 42.5 Å². The summed E-state index contributed by atoms with van der Waals surface area (Å²) >= 11 is 0. The molecule has 1 fully saturated rings. The molecule has 0 spiro atoms. The molecule has 2 aromatic rings. The van der Waals surface area contributed by atoms with Crippen molar-refractivity contribution in [3.8, 4) is 11.5 Å².